The molecular weight excluding hydrogens is 434 g/mol. The number of allylic oxidation sites excluding steroid dienone is 1. The topological polar surface area (TPSA) is 80.7 Å². The first-order valence-electron chi connectivity index (χ1n) is 9.36. The van der Waals surface area contributed by atoms with Gasteiger partial charge in [0, 0.05) is 34.9 Å². The summed E-state index contributed by atoms with van der Waals surface area (Å²) < 4.78 is 17.5. The van der Waals surface area contributed by atoms with E-state index in [9.17, 15) is 5.26 Å². The third kappa shape index (κ3) is 3.73. The number of halogens is 1. The number of methoxy groups -OCH3 is 2. The summed E-state index contributed by atoms with van der Waals surface area (Å²) in [5.74, 6) is 1.56. The second-order valence-electron chi connectivity index (χ2n) is 6.55. The van der Waals surface area contributed by atoms with Crippen molar-refractivity contribution in [3.8, 4) is 23.3 Å². The predicted octanol–water partition coefficient (Wildman–Crippen LogP) is 4.53. The Bertz CT molecular complexity index is 994. The van der Waals surface area contributed by atoms with Crippen molar-refractivity contribution in [2.45, 2.75) is 19.8 Å². The van der Waals surface area contributed by atoms with Gasteiger partial charge in [-0.3, -0.25) is 0 Å². The molecule has 2 N–H and O–H groups in total. The highest BCUT2D eigenvalue weighted by Gasteiger charge is 2.33. The van der Waals surface area contributed by atoms with Crippen LogP contribution in [0.3, 0.4) is 0 Å². The van der Waals surface area contributed by atoms with Gasteiger partial charge in [-0.15, -0.1) is 0 Å². The van der Waals surface area contributed by atoms with Crippen molar-refractivity contribution in [1.82, 2.24) is 0 Å². The molecule has 2 aromatic rings. The minimum absolute atomic E-state index is 0.114. The first kappa shape index (κ1) is 20.9. The quantitative estimate of drug-likeness (QED) is 0.685. The minimum atomic E-state index is -0.385. The summed E-state index contributed by atoms with van der Waals surface area (Å²) in [6.45, 7) is 5.98. The third-order valence-corrected chi connectivity index (χ3v) is 5.83. The lowest BCUT2D eigenvalue weighted by atomic mass is 9.83. The van der Waals surface area contributed by atoms with E-state index in [2.05, 4.69) is 40.7 Å². The van der Waals surface area contributed by atoms with Crippen LogP contribution in [0.15, 0.2) is 46.3 Å². The Morgan fingerprint density at radius 2 is 1.76 bits per heavy atom. The Morgan fingerprint density at radius 3 is 2.34 bits per heavy atom. The fraction of sp³-hybridized carbons (Fsp3) is 0.318. The Balaban J connectivity index is 2.20. The van der Waals surface area contributed by atoms with Crippen LogP contribution in [0, 0.1) is 11.3 Å². The van der Waals surface area contributed by atoms with Gasteiger partial charge in [0.25, 0.3) is 0 Å². The minimum Gasteiger partial charge on any atom is -0.493 e. The Morgan fingerprint density at radius 1 is 1.10 bits per heavy atom. The molecule has 1 atom stereocenters. The van der Waals surface area contributed by atoms with Gasteiger partial charge in [-0.05, 0) is 37.6 Å². The lowest BCUT2D eigenvalue weighted by molar-refractivity contribution is 0.354. The van der Waals surface area contributed by atoms with Crippen molar-refractivity contribution >= 4 is 21.6 Å². The van der Waals surface area contributed by atoms with Crippen molar-refractivity contribution in [1.29, 1.82) is 5.26 Å². The second-order valence-corrected chi connectivity index (χ2v) is 7.40. The molecule has 29 heavy (non-hydrogen) atoms. The van der Waals surface area contributed by atoms with Crippen LogP contribution in [0.2, 0.25) is 0 Å². The molecule has 1 unspecified atom stereocenters. The van der Waals surface area contributed by atoms with Crippen molar-refractivity contribution in [3.63, 3.8) is 0 Å². The van der Waals surface area contributed by atoms with Gasteiger partial charge in [0.15, 0.2) is 11.5 Å². The number of hydrogen-bond donors (Lipinski definition) is 1. The zero-order chi connectivity index (χ0) is 21.1. The molecule has 6 nitrogen and oxygen atoms in total. The third-order valence-electron chi connectivity index (χ3n) is 5.15. The summed E-state index contributed by atoms with van der Waals surface area (Å²) in [5.41, 5.74) is 9.28. The normalized spacial score (nSPS) is 15.2. The molecule has 0 spiro atoms. The van der Waals surface area contributed by atoms with Gasteiger partial charge >= 0.3 is 0 Å². The summed E-state index contributed by atoms with van der Waals surface area (Å²) in [6, 6.07) is 11.9. The highest BCUT2D eigenvalue weighted by atomic mass is 79.9. The Labute approximate surface area is 179 Å². The van der Waals surface area contributed by atoms with Gasteiger partial charge < -0.3 is 24.8 Å². The van der Waals surface area contributed by atoms with Gasteiger partial charge in [0.05, 0.1) is 20.1 Å². The van der Waals surface area contributed by atoms with Crippen LogP contribution in [-0.2, 0) is 0 Å². The smallest absolute Gasteiger partial charge is 0.205 e. The average molecular weight is 458 g/mol. The van der Waals surface area contributed by atoms with Crippen molar-refractivity contribution in [2.75, 3.05) is 32.2 Å². The SMILES string of the molecule is CCN(CC)c1ccc2c(c1)OC(N)=C(C#N)C2c1cc(OC)c(OC)cc1Br. The van der Waals surface area contributed by atoms with E-state index in [0.29, 0.717) is 22.8 Å². The molecule has 152 valence electrons. The summed E-state index contributed by atoms with van der Waals surface area (Å²) >= 11 is 3.62. The lowest BCUT2D eigenvalue weighted by Crippen LogP contribution is -2.24. The van der Waals surface area contributed by atoms with Gasteiger partial charge in [-0.2, -0.15) is 5.26 Å². The van der Waals surface area contributed by atoms with Gasteiger partial charge in [-0.25, -0.2) is 0 Å². The van der Waals surface area contributed by atoms with E-state index >= 15 is 0 Å². The summed E-state index contributed by atoms with van der Waals surface area (Å²) in [5, 5.41) is 9.81. The van der Waals surface area contributed by atoms with E-state index in [4.69, 9.17) is 19.9 Å². The van der Waals surface area contributed by atoms with Crippen LogP contribution in [0.4, 0.5) is 5.69 Å². The van der Waals surface area contributed by atoms with E-state index < -0.39 is 0 Å². The zero-order valence-electron chi connectivity index (χ0n) is 17.0. The molecule has 0 radical (unpaired) electrons. The van der Waals surface area contributed by atoms with Crippen molar-refractivity contribution < 1.29 is 14.2 Å². The second kappa shape index (κ2) is 8.66. The number of nitriles is 1. The molecule has 0 saturated heterocycles. The zero-order valence-corrected chi connectivity index (χ0v) is 18.5. The van der Waals surface area contributed by atoms with E-state index in [1.54, 1.807) is 14.2 Å². The van der Waals surface area contributed by atoms with Crippen LogP contribution in [0.1, 0.15) is 30.9 Å². The van der Waals surface area contributed by atoms with Gasteiger partial charge in [-0.1, -0.05) is 22.0 Å². The number of ether oxygens (including phenoxy) is 3. The Kier molecular flexibility index (Phi) is 6.23. The number of rotatable bonds is 6. The van der Waals surface area contributed by atoms with Gasteiger partial charge in [0.1, 0.15) is 17.4 Å². The molecule has 0 bridgehead atoms. The molecule has 0 saturated carbocycles. The fourth-order valence-corrected chi connectivity index (χ4v) is 4.19. The molecule has 0 aromatic heterocycles. The summed E-state index contributed by atoms with van der Waals surface area (Å²) in [7, 11) is 3.17. The summed E-state index contributed by atoms with van der Waals surface area (Å²) in [4.78, 5) is 2.23. The monoisotopic (exact) mass is 457 g/mol. The molecule has 0 amide bonds. The standard InChI is InChI=1S/C22H24BrN3O3/c1-5-26(6-2)13-7-8-14-18(9-13)29-22(25)16(12-24)21(14)15-10-19(27-3)20(28-4)11-17(15)23/h7-11,21H,5-6,25H2,1-4H3. The molecule has 1 aliphatic heterocycles. The molecule has 3 rings (SSSR count). The van der Waals surface area contributed by atoms with E-state index in [1.807, 2.05) is 30.3 Å². The van der Waals surface area contributed by atoms with Gasteiger partial charge in [0.2, 0.25) is 5.88 Å². The molecule has 7 heteroatoms. The maximum absolute atomic E-state index is 9.81. The largest absolute Gasteiger partial charge is 0.493 e. The molecule has 0 aliphatic carbocycles. The molecular formula is C22H24BrN3O3. The highest BCUT2D eigenvalue weighted by molar-refractivity contribution is 9.10. The van der Waals surface area contributed by atoms with Crippen LogP contribution < -0.4 is 24.8 Å². The first-order chi connectivity index (χ1) is 14.0. The molecule has 1 aliphatic rings. The molecule has 1 heterocycles. The van der Waals surface area contributed by atoms with Crippen LogP contribution in [0.25, 0.3) is 0 Å². The highest BCUT2D eigenvalue weighted by Crippen LogP contribution is 2.47. The van der Waals surface area contributed by atoms with Crippen molar-refractivity contribution in [3.05, 3.63) is 57.4 Å². The number of nitrogens with two attached hydrogens (primary N) is 1. The Hall–Kier alpha value is -2.85. The summed E-state index contributed by atoms with van der Waals surface area (Å²) in [6.07, 6.45) is 0. The molecule has 0 fully saturated rings. The number of hydrogen-bond acceptors (Lipinski definition) is 6. The number of benzene rings is 2. The predicted molar refractivity (Wildman–Crippen MR) is 117 cm³/mol. The first-order valence-corrected chi connectivity index (χ1v) is 10.2. The van der Waals surface area contributed by atoms with Crippen LogP contribution in [0.5, 0.6) is 17.2 Å². The van der Waals surface area contributed by atoms with E-state index in [-0.39, 0.29) is 11.8 Å². The van der Waals surface area contributed by atoms with Crippen LogP contribution >= 0.6 is 15.9 Å². The lowest BCUT2D eigenvalue weighted by Gasteiger charge is -2.29. The van der Waals surface area contributed by atoms with Crippen molar-refractivity contribution in [2.24, 2.45) is 5.73 Å². The fourth-order valence-electron chi connectivity index (χ4n) is 3.64. The van der Waals surface area contributed by atoms with Crippen LogP contribution in [-0.4, -0.2) is 27.3 Å². The average Bonchev–Trinajstić information content (AvgIpc) is 2.73. The maximum atomic E-state index is 9.81. The number of nitrogens with zero attached hydrogens (tertiary/aromatic N) is 2. The number of fused-ring (bicyclic) bond motifs is 1. The maximum Gasteiger partial charge on any atom is 0.205 e. The van der Waals surface area contributed by atoms with E-state index in [0.717, 1.165) is 34.4 Å². The van der Waals surface area contributed by atoms with E-state index in [1.165, 1.54) is 0 Å². The number of anilines is 1. The molecule has 2 aromatic carbocycles.